The number of rotatable bonds is 5. The molecule has 6 heteroatoms. The van der Waals surface area contributed by atoms with Gasteiger partial charge in [-0.25, -0.2) is 9.78 Å². The van der Waals surface area contributed by atoms with Crippen molar-refractivity contribution >= 4 is 17.4 Å². The highest BCUT2D eigenvalue weighted by molar-refractivity contribution is 7.09. The van der Waals surface area contributed by atoms with E-state index in [1.54, 1.807) is 11.3 Å². The van der Waals surface area contributed by atoms with E-state index in [4.69, 9.17) is 0 Å². The average Bonchev–Trinajstić information content (AvgIpc) is 2.86. The monoisotopic (exact) mass is 325 g/mol. The number of aromatic nitrogens is 1. The van der Waals surface area contributed by atoms with E-state index < -0.39 is 5.60 Å². The molecule has 0 atom stereocenters. The predicted molar refractivity (Wildman–Crippen MR) is 89.1 cm³/mol. The molecule has 1 fully saturated rings. The van der Waals surface area contributed by atoms with Gasteiger partial charge in [-0.1, -0.05) is 39.5 Å². The third kappa shape index (κ3) is 5.25. The summed E-state index contributed by atoms with van der Waals surface area (Å²) in [6.45, 7) is 4.97. The van der Waals surface area contributed by atoms with Crippen molar-refractivity contribution in [1.82, 2.24) is 15.6 Å². The van der Waals surface area contributed by atoms with Crippen LogP contribution in [0.1, 0.15) is 69.0 Å². The first-order chi connectivity index (χ1) is 10.5. The number of amides is 2. The smallest absolute Gasteiger partial charge is 0.315 e. The van der Waals surface area contributed by atoms with Gasteiger partial charge in [0.1, 0.15) is 0 Å². The van der Waals surface area contributed by atoms with Gasteiger partial charge in [0.15, 0.2) is 0 Å². The van der Waals surface area contributed by atoms with Gasteiger partial charge in [0.05, 0.1) is 22.8 Å². The van der Waals surface area contributed by atoms with Crippen molar-refractivity contribution in [2.45, 2.75) is 70.4 Å². The van der Waals surface area contributed by atoms with Crippen molar-refractivity contribution in [3.05, 3.63) is 16.1 Å². The van der Waals surface area contributed by atoms with E-state index in [0.717, 1.165) is 36.4 Å². The molecule has 1 aromatic rings. The Kier molecular flexibility index (Phi) is 6.20. The highest BCUT2D eigenvalue weighted by Gasteiger charge is 2.28. The van der Waals surface area contributed by atoms with Crippen LogP contribution in [0.2, 0.25) is 0 Å². The van der Waals surface area contributed by atoms with Gasteiger partial charge in [-0.05, 0) is 12.8 Å². The fourth-order valence-corrected chi connectivity index (χ4v) is 3.55. The van der Waals surface area contributed by atoms with Crippen molar-refractivity contribution in [3.63, 3.8) is 0 Å². The Morgan fingerprint density at radius 3 is 2.59 bits per heavy atom. The van der Waals surface area contributed by atoms with Crippen LogP contribution in [0.15, 0.2) is 5.38 Å². The van der Waals surface area contributed by atoms with Gasteiger partial charge >= 0.3 is 6.03 Å². The predicted octanol–water partition coefficient (Wildman–Crippen LogP) is 3.15. The molecule has 1 heterocycles. The minimum Gasteiger partial charge on any atom is -0.388 e. The zero-order valence-electron chi connectivity index (χ0n) is 13.5. The Morgan fingerprint density at radius 1 is 1.32 bits per heavy atom. The summed E-state index contributed by atoms with van der Waals surface area (Å²) in [4.78, 5) is 16.4. The van der Waals surface area contributed by atoms with E-state index >= 15 is 0 Å². The number of carbonyl (C=O) groups excluding carboxylic acids is 1. The molecule has 2 rings (SSSR count). The van der Waals surface area contributed by atoms with Crippen LogP contribution in [-0.4, -0.2) is 28.3 Å². The van der Waals surface area contributed by atoms with Crippen molar-refractivity contribution in [3.8, 4) is 0 Å². The van der Waals surface area contributed by atoms with Gasteiger partial charge in [-0.3, -0.25) is 0 Å². The number of aliphatic hydroxyl groups is 1. The second kappa shape index (κ2) is 7.92. The zero-order chi connectivity index (χ0) is 16.0. The molecule has 1 aliphatic rings. The number of thiazole rings is 1. The molecule has 0 aliphatic heterocycles. The lowest BCUT2D eigenvalue weighted by atomic mass is 9.95. The standard InChI is InChI=1S/C16H27N3O2S/c1-12(2)14-19-13(10-22-14)9-17-15(20)18-11-16(21)7-5-3-4-6-8-16/h10,12,21H,3-9,11H2,1-2H3,(H2,17,18,20). The molecule has 22 heavy (non-hydrogen) atoms. The topological polar surface area (TPSA) is 74.2 Å². The Bertz CT molecular complexity index is 479. The second-order valence-corrected chi connectivity index (χ2v) is 7.40. The normalized spacial score (nSPS) is 18.0. The highest BCUT2D eigenvalue weighted by Crippen LogP contribution is 2.26. The summed E-state index contributed by atoms with van der Waals surface area (Å²) in [5, 5.41) is 19.2. The average molecular weight is 325 g/mol. The summed E-state index contributed by atoms with van der Waals surface area (Å²) < 4.78 is 0. The van der Waals surface area contributed by atoms with Crippen LogP contribution in [0.25, 0.3) is 0 Å². The lowest BCUT2D eigenvalue weighted by molar-refractivity contribution is 0.0276. The van der Waals surface area contributed by atoms with Crippen LogP contribution in [-0.2, 0) is 6.54 Å². The number of nitrogens with zero attached hydrogens (tertiary/aromatic N) is 1. The molecule has 1 aromatic heterocycles. The third-order valence-electron chi connectivity index (χ3n) is 4.11. The quantitative estimate of drug-likeness (QED) is 0.728. The molecule has 1 aliphatic carbocycles. The summed E-state index contributed by atoms with van der Waals surface area (Å²) in [5.74, 6) is 0.414. The summed E-state index contributed by atoms with van der Waals surface area (Å²) in [6.07, 6.45) is 5.98. The van der Waals surface area contributed by atoms with Gasteiger partial charge in [-0.2, -0.15) is 0 Å². The molecule has 3 N–H and O–H groups in total. The van der Waals surface area contributed by atoms with Crippen molar-refractivity contribution < 1.29 is 9.90 Å². The number of urea groups is 1. The first-order valence-corrected chi connectivity index (χ1v) is 9.05. The molecule has 0 spiro atoms. The molecular weight excluding hydrogens is 298 g/mol. The van der Waals surface area contributed by atoms with Crippen LogP contribution >= 0.6 is 11.3 Å². The molecule has 0 aromatic carbocycles. The molecule has 0 saturated heterocycles. The zero-order valence-corrected chi connectivity index (χ0v) is 14.3. The molecule has 0 radical (unpaired) electrons. The summed E-state index contributed by atoms with van der Waals surface area (Å²) in [5.41, 5.74) is 0.149. The number of carbonyl (C=O) groups is 1. The molecular formula is C16H27N3O2S. The second-order valence-electron chi connectivity index (χ2n) is 6.51. The van der Waals surface area contributed by atoms with Crippen LogP contribution in [0.4, 0.5) is 4.79 Å². The van der Waals surface area contributed by atoms with E-state index in [1.165, 1.54) is 12.8 Å². The number of hydrogen-bond acceptors (Lipinski definition) is 4. The highest BCUT2D eigenvalue weighted by atomic mass is 32.1. The van der Waals surface area contributed by atoms with Gasteiger partial charge in [0, 0.05) is 17.8 Å². The van der Waals surface area contributed by atoms with Gasteiger partial charge in [0.2, 0.25) is 0 Å². The van der Waals surface area contributed by atoms with Gasteiger partial charge in [0.25, 0.3) is 0 Å². The third-order valence-corrected chi connectivity index (χ3v) is 5.30. The Hall–Kier alpha value is -1.14. The Balaban J connectivity index is 1.73. The van der Waals surface area contributed by atoms with Crippen molar-refractivity contribution in [2.24, 2.45) is 0 Å². The lowest BCUT2D eigenvalue weighted by Crippen LogP contribution is -2.46. The minimum atomic E-state index is -0.737. The minimum absolute atomic E-state index is 0.239. The molecule has 0 bridgehead atoms. The first-order valence-electron chi connectivity index (χ1n) is 8.17. The van der Waals surface area contributed by atoms with E-state index in [2.05, 4.69) is 29.5 Å². The lowest BCUT2D eigenvalue weighted by Gasteiger charge is -2.26. The molecule has 124 valence electrons. The van der Waals surface area contributed by atoms with Crippen molar-refractivity contribution in [2.75, 3.05) is 6.54 Å². The molecule has 5 nitrogen and oxygen atoms in total. The van der Waals surface area contributed by atoms with E-state index in [0.29, 0.717) is 19.0 Å². The van der Waals surface area contributed by atoms with Gasteiger partial charge < -0.3 is 15.7 Å². The van der Waals surface area contributed by atoms with Crippen molar-refractivity contribution in [1.29, 1.82) is 0 Å². The maximum Gasteiger partial charge on any atom is 0.315 e. The maximum absolute atomic E-state index is 11.9. The fraction of sp³-hybridized carbons (Fsp3) is 0.750. The number of nitrogens with one attached hydrogen (secondary N) is 2. The summed E-state index contributed by atoms with van der Waals surface area (Å²) >= 11 is 1.62. The van der Waals surface area contributed by atoms with Crippen LogP contribution < -0.4 is 10.6 Å². The maximum atomic E-state index is 11.9. The van der Waals surface area contributed by atoms with Gasteiger partial charge in [-0.15, -0.1) is 11.3 Å². The van der Waals surface area contributed by atoms with Crippen LogP contribution in [0.3, 0.4) is 0 Å². The summed E-state index contributed by atoms with van der Waals surface area (Å²) in [6, 6.07) is -0.239. The molecule has 0 unspecified atom stereocenters. The first kappa shape index (κ1) is 17.2. The number of hydrogen-bond donors (Lipinski definition) is 3. The SMILES string of the molecule is CC(C)c1nc(CNC(=O)NCC2(O)CCCCCC2)cs1. The van der Waals surface area contributed by atoms with E-state index in [-0.39, 0.29) is 6.03 Å². The van der Waals surface area contributed by atoms with E-state index in [1.807, 2.05) is 5.38 Å². The Morgan fingerprint density at radius 2 is 2.00 bits per heavy atom. The van der Waals surface area contributed by atoms with Crippen LogP contribution in [0, 0.1) is 0 Å². The van der Waals surface area contributed by atoms with E-state index in [9.17, 15) is 9.90 Å². The fourth-order valence-electron chi connectivity index (χ4n) is 2.71. The molecule has 2 amide bonds. The largest absolute Gasteiger partial charge is 0.388 e. The van der Waals surface area contributed by atoms with Crippen LogP contribution in [0.5, 0.6) is 0 Å². The summed E-state index contributed by atoms with van der Waals surface area (Å²) in [7, 11) is 0. The Labute approximate surface area is 136 Å². The molecule has 1 saturated carbocycles.